The molecular formula is C15H15ClFN3O. The number of nitrogens with one attached hydrogen (secondary N) is 2. The van der Waals surface area contributed by atoms with Gasteiger partial charge in [-0.1, -0.05) is 17.7 Å². The summed E-state index contributed by atoms with van der Waals surface area (Å²) >= 11 is 5.69. The van der Waals surface area contributed by atoms with Crippen molar-refractivity contribution in [3.05, 3.63) is 63.9 Å². The second-order valence-corrected chi connectivity index (χ2v) is 5.01. The van der Waals surface area contributed by atoms with Gasteiger partial charge in [-0.15, -0.1) is 0 Å². The quantitative estimate of drug-likeness (QED) is 0.601. The zero-order chi connectivity index (χ0) is 15.4. The fourth-order valence-corrected chi connectivity index (χ4v) is 2.10. The highest BCUT2D eigenvalue weighted by atomic mass is 35.5. The number of carbonyl (C=O) groups is 1. The minimum atomic E-state index is -0.479. The smallest absolute Gasteiger partial charge is 0.251 e. The highest BCUT2D eigenvalue weighted by molar-refractivity contribution is 6.30. The number of hydrazine groups is 1. The molecule has 2 rings (SSSR count). The van der Waals surface area contributed by atoms with Crippen LogP contribution in [-0.4, -0.2) is 5.91 Å². The van der Waals surface area contributed by atoms with Gasteiger partial charge in [0.1, 0.15) is 5.82 Å². The maximum absolute atomic E-state index is 13.0. The number of rotatable bonds is 4. The van der Waals surface area contributed by atoms with Gasteiger partial charge in [-0.2, -0.15) is 0 Å². The topological polar surface area (TPSA) is 67.2 Å². The minimum Gasteiger partial charge on any atom is -0.348 e. The molecule has 0 spiro atoms. The summed E-state index contributed by atoms with van der Waals surface area (Å²) in [6.07, 6.45) is 0. The van der Waals surface area contributed by atoms with Crippen LogP contribution in [0.2, 0.25) is 5.02 Å². The third kappa shape index (κ3) is 3.71. The first-order chi connectivity index (χ1) is 10.0. The van der Waals surface area contributed by atoms with E-state index >= 15 is 0 Å². The standard InChI is InChI=1S/C15H15ClFN3O/c1-9-6-11(3-5-14(9)20-18)15(21)19-8-10-2-4-13(17)12(16)7-10/h2-7,20H,8,18H2,1H3,(H,19,21). The molecule has 0 atom stereocenters. The predicted octanol–water partition coefficient (Wildman–Crippen LogP) is 3.00. The zero-order valence-corrected chi connectivity index (χ0v) is 12.2. The number of nitrogen functional groups attached to an aromatic ring is 1. The minimum absolute atomic E-state index is 0.0379. The van der Waals surface area contributed by atoms with E-state index in [1.807, 2.05) is 6.92 Å². The molecule has 4 nitrogen and oxygen atoms in total. The van der Waals surface area contributed by atoms with Gasteiger partial charge in [0.15, 0.2) is 0 Å². The summed E-state index contributed by atoms with van der Waals surface area (Å²) in [7, 11) is 0. The first-order valence-electron chi connectivity index (χ1n) is 6.30. The lowest BCUT2D eigenvalue weighted by atomic mass is 10.1. The van der Waals surface area contributed by atoms with Crippen molar-refractivity contribution in [1.29, 1.82) is 0 Å². The van der Waals surface area contributed by atoms with Crippen LogP contribution in [-0.2, 0) is 6.54 Å². The molecule has 0 saturated carbocycles. The van der Waals surface area contributed by atoms with E-state index in [9.17, 15) is 9.18 Å². The summed E-state index contributed by atoms with van der Waals surface area (Å²) in [4.78, 5) is 12.1. The first kappa shape index (κ1) is 15.3. The lowest BCUT2D eigenvalue weighted by Gasteiger charge is -2.09. The lowest BCUT2D eigenvalue weighted by Crippen LogP contribution is -2.23. The largest absolute Gasteiger partial charge is 0.348 e. The number of nitrogens with two attached hydrogens (primary N) is 1. The molecule has 1 amide bonds. The Kier molecular flexibility index (Phi) is 4.77. The van der Waals surface area contributed by atoms with Crippen LogP contribution < -0.4 is 16.6 Å². The van der Waals surface area contributed by atoms with E-state index in [2.05, 4.69) is 10.7 Å². The number of amides is 1. The summed E-state index contributed by atoms with van der Waals surface area (Å²) < 4.78 is 13.0. The van der Waals surface area contributed by atoms with E-state index in [0.29, 0.717) is 5.56 Å². The normalized spacial score (nSPS) is 10.3. The van der Waals surface area contributed by atoms with Crippen LogP contribution in [0.15, 0.2) is 36.4 Å². The SMILES string of the molecule is Cc1cc(C(=O)NCc2ccc(F)c(Cl)c2)ccc1NN. The van der Waals surface area contributed by atoms with Crippen molar-refractivity contribution in [3.8, 4) is 0 Å². The van der Waals surface area contributed by atoms with E-state index in [1.165, 1.54) is 12.1 Å². The molecule has 0 bridgehead atoms. The van der Waals surface area contributed by atoms with Crippen LogP contribution in [0, 0.1) is 12.7 Å². The van der Waals surface area contributed by atoms with Gasteiger partial charge in [0.2, 0.25) is 0 Å². The zero-order valence-electron chi connectivity index (χ0n) is 11.4. The van der Waals surface area contributed by atoms with E-state index in [-0.39, 0.29) is 17.5 Å². The predicted molar refractivity (Wildman–Crippen MR) is 81.6 cm³/mol. The van der Waals surface area contributed by atoms with Crippen LogP contribution in [0.25, 0.3) is 0 Å². The average molecular weight is 308 g/mol. The summed E-state index contributed by atoms with van der Waals surface area (Å²) in [6, 6.07) is 9.49. The average Bonchev–Trinajstić information content (AvgIpc) is 2.48. The number of hydrogen-bond donors (Lipinski definition) is 3. The van der Waals surface area contributed by atoms with Crippen LogP contribution >= 0.6 is 11.6 Å². The second kappa shape index (κ2) is 6.56. The first-order valence-corrected chi connectivity index (χ1v) is 6.68. The fraction of sp³-hybridized carbons (Fsp3) is 0.133. The van der Waals surface area contributed by atoms with E-state index < -0.39 is 5.82 Å². The number of hydrogen-bond acceptors (Lipinski definition) is 3. The molecule has 0 aromatic heterocycles. The Labute approximate surface area is 127 Å². The molecule has 0 heterocycles. The second-order valence-electron chi connectivity index (χ2n) is 4.61. The molecule has 0 fully saturated rings. The van der Waals surface area contributed by atoms with Gasteiger partial charge in [0.25, 0.3) is 5.91 Å². The highest BCUT2D eigenvalue weighted by Crippen LogP contribution is 2.17. The van der Waals surface area contributed by atoms with Crippen molar-refractivity contribution in [2.45, 2.75) is 13.5 Å². The van der Waals surface area contributed by atoms with Crippen LogP contribution in [0.4, 0.5) is 10.1 Å². The summed E-state index contributed by atoms with van der Waals surface area (Å²) in [6.45, 7) is 2.13. The summed E-state index contributed by atoms with van der Waals surface area (Å²) in [5.41, 5.74) is 5.44. The van der Waals surface area contributed by atoms with Gasteiger partial charge in [-0.25, -0.2) is 4.39 Å². The van der Waals surface area contributed by atoms with Crippen LogP contribution in [0.1, 0.15) is 21.5 Å². The lowest BCUT2D eigenvalue weighted by molar-refractivity contribution is 0.0951. The molecular weight excluding hydrogens is 293 g/mol. The van der Waals surface area contributed by atoms with E-state index in [1.54, 1.807) is 24.3 Å². The number of halogens is 2. The molecule has 0 aliphatic rings. The van der Waals surface area contributed by atoms with Crippen molar-refractivity contribution < 1.29 is 9.18 Å². The molecule has 6 heteroatoms. The van der Waals surface area contributed by atoms with Gasteiger partial charge in [-0.3, -0.25) is 10.6 Å². The van der Waals surface area contributed by atoms with Crippen molar-refractivity contribution in [2.75, 3.05) is 5.43 Å². The van der Waals surface area contributed by atoms with Gasteiger partial charge in [0.05, 0.1) is 10.7 Å². The number of carbonyl (C=O) groups excluding carboxylic acids is 1. The van der Waals surface area contributed by atoms with Crippen LogP contribution in [0.5, 0.6) is 0 Å². The number of aryl methyl sites for hydroxylation is 1. The van der Waals surface area contributed by atoms with Gasteiger partial charge < -0.3 is 10.7 Å². The van der Waals surface area contributed by atoms with Crippen molar-refractivity contribution >= 4 is 23.2 Å². The molecule has 0 radical (unpaired) electrons. The van der Waals surface area contributed by atoms with Crippen LogP contribution in [0.3, 0.4) is 0 Å². The molecule has 110 valence electrons. The molecule has 0 aliphatic carbocycles. The Morgan fingerprint density at radius 2 is 2.05 bits per heavy atom. The monoisotopic (exact) mass is 307 g/mol. The van der Waals surface area contributed by atoms with Crippen molar-refractivity contribution in [1.82, 2.24) is 5.32 Å². The highest BCUT2D eigenvalue weighted by Gasteiger charge is 2.08. The third-order valence-electron chi connectivity index (χ3n) is 3.08. The number of benzene rings is 2. The van der Waals surface area contributed by atoms with Gasteiger partial charge >= 0.3 is 0 Å². The van der Waals surface area contributed by atoms with Gasteiger partial charge in [-0.05, 0) is 48.4 Å². The van der Waals surface area contributed by atoms with Crippen molar-refractivity contribution in [2.24, 2.45) is 5.84 Å². The van der Waals surface area contributed by atoms with E-state index in [0.717, 1.165) is 16.8 Å². The molecule has 2 aromatic carbocycles. The Balaban J connectivity index is 2.04. The molecule has 21 heavy (non-hydrogen) atoms. The third-order valence-corrected chi connectivity index (χ3v) is 3.37. The Morgan fingerprint density at radius 1 is 1.29 bits per heavy atom. The summed E-state index contributed by atoms with van der Waals surface area (Å²) in [5.74, 6) is 4.64. The molecule has 2 aromatic rings. The molecule has 0 aliphatic heterocycles. The van der Waals surface area contributed by atoms with Crippen molar-refractivity contribution in [3.63, 3.8) is 0 Å². The fourth-order valence-electron chi connectivity index (χ4n) is 1.90. The Morgan fingerprint density at radius 3 is 2.67 bits per heavy atom. The Hall–Kier alpha value is -2.11. The van der Waals surface area contributed by atoms with Gasteiger partial charge in [0, 0.05) is 12.1 Å². The van der Waals surface area contributed by atoms with E-state index in [4.69, 9.17) is 17.4 Å². The molecule has 0 unspecified atom stereocenters. The maximum atomic E-state index is 13.0. The maximum Gasteiger partial charge on any atom is 0.251 e. The Bertz CT molecular complexity index is 676. The number of anilines is 1. The molecule has 0 saturated heterocycles. The summed E-state index contributed by atoms with van der Waals surface area (Å²) in [5, 5.41) is 2.79. The molecule has 4 N–H and O–H groups in total.